The molecule has 3 rings (SSSR count). The molecular formula is C16H17N3O2. The summed E-state index contributed by atoms with van der Waals surface area (Å²) in [6, 6.07) is 11.6. The lowest BCUT2D eigenvalue weighted by atomic mass is 10.2. The van der Waals surface area contributed by atoms with Gasteiger partial charge in [0.25, 0.3) is 0 Å². The summed E-state index contributed by atoms with van der Waals surface area (Å²) in [7, 11) is 1.57. The molecule has 5 nitrogen and oxygen atoms in total. The van der Waals surface area contributed by atoms with Crippen molar-refractivity contribution in [2.45, 2.75) is 13.0 Å². The molecule has 0 unspecified atom stereocenters. The van der Waals surface area contributed by atoms with Crippen LogP contribution in [0.5, 0.6) is 5.88 Å². The van der Waals surface area contributed by atoms with Crippen molar-refractivity contribution >= 4 is 11.7 Å². The van der Waals surface area contributed by atoms with Crippen LogP contribution in [0, 0.1) is 0 Å². The Hall–Kier alpha value is -2.56. The summed E-state index contributed by atoms with van der Waals surface area (Å²) in [4.78, 5) is 18.2. The number of carbonyl (C=O) groups excluding carboxylic acids is 1. The summed E-state index contributed by atoms with van der Waals surface area (Å²) in [6.45, 7) is 1.11. The molecule has 0 bridgehead atoms. The van der Waals surface area contributed by atoms with Gasteiger partial charge in [-0.15, -0.1) is 0 Å². The fourth-order valence-electron chi connectivity index (χ4n) is 2.56. The van der Waals surface area contributed by atoms with Crippen LogP contribution in [-0.2, 0) is 13.0 Å². The standard InChI is InChI=1S/C16H17N3O2/c1-21-15-13(6-4-9-17-15)11-18-16(20)19-10-8-12-5-2-3-7-14(12)19/h2-7,9H,8,10-11H2,1H3,(H,18,20). The van der Waals surface area contributed by atoms with Crippen LogP contribution in [-0.4, -0.2) is 24.7 Å². The van der Waals surface area contributed by atoms with Gasteiger partial charge in [0.2, 0.25) is 5.88 Å². The van der Waals surface area contributed by atoms with Gasteiger partial charge >= 0.3 is 6.03 Å². The number of carbonyl (C=O) groups is 1. The topological polar surface area (TPSA) is 54.5 Å². The van der Waals surface area contributed by atoms with Crippen molar-refractivity contribution in [2.75, 3.05) is 18.6 Å². The maximum absolute atomic E-state index is 12.3. The van der Waals surface area contributed by atoms with Gasteiger partial charge in [-0.05, 0) is 24.1 Å². The van der Waals surface area contributed by atoms with Crippen LogP contribution < -0.4 is 15.0 Å². The number of anilines is 1. The zero-order valence-electron chi connectivity index (χ0n) is 11.9. The van der Waals surface area contributed by atoms with E-state index in [-0.39, 0.29) is 6.03 Å². The Labute approximate surface area is 123 Å². The minimum absolute atomic E-state index is 0.0918. The highest BCUT2D eigenvalue weighted by atomic mass is 16.5. The van der Waals surface area contributed by atoms with E-state index in [1.165, 1.54) is 5.56 Å². The van der Waals surface area contributed by atoms with E-state index >= 15 is 0 Å². The maximum Gasteiger partial charge on any atom is 0.322 e. The molecule has 1 aromatic heterocycles. The van der Waals surface area contributed by atoms with Crippen molar-refractivity contribution in [1.82, 2.24) is 10.3 Å². The maximum atomic E-state index is 12.3. The molecule has 1 aromatic carbocycles. The lowest BCUT2D eigenvalue weighted by molar-refractivity contribution is 0.246. The third-order valence-corrected chi connectivity index (χ3v) is 3.61. The third kappa shape index (κ3) is 2.67. The normalized spacial score (nSPS) is 12.9. The van der Waals surface area contributed by atoms with Crippen molar-refractivity contribution in [3.05, 3.63) is 53.7 Å². The van der Waals surface area contributed by atoms with E-state index in [4.69, 9.17) is 4.74 Å². The van der Waals surface area contributed by atoms with Crippen molar-refractivity contribution in [3.8, 4) is 5.88 Å². The zero-order valence-corrected chi connectivity index (χ0v) is 11.9. The molecule has 108 valence electrons. The van der Waals surface area contributed by atoms with Crippen molar-refractivity contribution in [3.63, 3.8) is 0 Å². The predicted octanol–water partition coefficient (Wildman–Crippen LogP) is 2.36. The molecular weight excluding hydrogens is 266 g/mol. The Bertz CT molecular complexity index is 657. The quantitative estimate of drug-likeness (QED) is 0.941. The number of pyridine rings is 1. The Kier molecular flexibility index (Phi) is 3.73. The molecule has 0 aliphatic carbocycles. The highest BCUT2D eigenvalue weighted by Gasteiger charge is 2.23. The van der Waals surface area contributed by atoms with Gasteiger partial charge in [-0.25, -0.2) is 9.78 Å². The lowest BCUT2D eigenvalue weighted by Crippen LogP contribution is -2.38. The van der Waals surface area contributed by atoms with E-state index in [2.05, 4.69) is 16.4 Å². The number of urea groups is 1. The van der Waals surface area contributed by atoms with Crippen molar-refractivity contribution in [2.24, 2.45) is 0 Å². The molecule has 0 fully saturated rings. The number of amides is 2. The molecule has 0 spiro atoms. The number of ether oxygens (including phenoxy) is 1. The monoisotopic (exact) mass is 283 g/mol. The second kappa shape index (κ2) is 5.83. The zero-order chi connectivity index (χ0) is 14.7. The summed E-state index contributed by atoms with van der Waals surface area (Å²) in [6.07, 6.45) is 2.57. The van der Waals surface area contributed by atoms with Gasteiger partial charge < -0.3 is 10.1 Å². The summed E-state index contributed by atoms with van der Waals surface area (Å²) in [5.41, 5.74) is 3.07. The summed E-state index contributed by atoms with van der Waals surface area (Å²) < 4.78 is 5.18. The fraction of sp³-hybridized carbons (Fsp3) is 0.250. The van der Waals surface area contributed by atoms with E-state index in [9.17, 15) is 4.79 Å². The van der Waals surface area contributed by atoms with E-state index in [0.717, 1.165) is 24.2 Å². The van der Waals surface area contributed by atoms with Gasteiger partial charge in [0, 0.05) is 30.5 Å². The molecule has 2 amide bonds. The molecule has 2 aromatic rings. The number of nitrogens with one attached hydrogen (secondary N) is 1. The fourth-order valence-corrected chi connectivity index (χ4v) is 2.56. The van der Waals surface area contributed by atoms with Crippen LogP contribution in [0.2, 0.25) is 0 Å². The highest BCUT2D eigenvalue weighted by Crippen LogP contribution is 2.27. The predicted molar refractivity (Wildman–Crippen MR) is 80.5 cm³/mol. The first-order chi connectivity index (χ1) is 10.3. The van der Waals surface area contributed by atoms with Crippen LogP contribution in [0.4, 0.5) is 10.5 Å². The molecule has 0 saturated heterocycles. The van der Waals surface area contributed by atoms with Gasteiger partial charge in [-0.3, -0.25) is 4.90 Å². The number of hydrogen-bond donors (Lipinski definition) is 1. The number of rotatable bonds is 3. The molecule has 1 aliphatic heterocycles. The average molecular weight is 283 g/mol. The van der Waals surface area contributed by atoms with Gasteiger partial charge in [0.05, 0.1) is 7.11 Å². The van der Waals surface area contributed by atoms with Gasteiger partial charge in [-0.2, -0.15) is 0 Å². The van der Waals surface area contributed by atoms with E-state index in [1.807, 2.05) is 30.3 Å². The molecule has 1 aliphatic rings. The molecule has 21 heavy (non-hydrogen) atoms. The Morgan fingerprint density at radius 3 is 3.05 bits per heavy atom. The molecule has 0 saturated carbocycles. The van der Waals surface area contributed by atoms with Crippen molar-refractivity contribution < 1.29 is 9.53 Å². The Morgan fingerprint density at radius 1 is 1.33 bits per heavy atom. The molecule has 1 N–H and O–H groups in total. The smallest absolute Gasteiger partial charge is 0.322 e. The SMILES string of the molecule is COc1ncccc1CNC(=O)N1CCc2ccccc21. The van der Waals surface area contributed by atoms with Gasteiger partial charge in [0.15, 0.2) is 0 Å². The first kappa shape index (κ1) is 13.4. The summed E-state index contributed by atoms with van der Waals surface area (Å²) >= 11 is 0. The molecule has 5 heteroatoms. The number of nitrogens with zero attached hydrogens (tertiary/aromatic N) is 2. The second-order valence-corrected chi connectivity index (χ2v) is 4.86. The minimum atomic E-state index is -0.0918. The minimum Gasteiger partial charge on any atom is -0.481 e. The number of hydrogen-bond acceptors (Lipinski definition) is 3. The van der Waals surface area contributed by atoms with Gasteiger partial charge in [0.1, 0.15) is 0 Å². The highest BCUT2D eigenvalue weighted by molar-refractivity contribution is 5.94. The second-order valence-electron chi connectivity index (χ2n) is 4.86. The Morgan fingerprint density at radius 2 is 2.19 bits per heavy atom. The van der Waals surface area contributed by atoms with E-state index in [0.29, 0.717) is 12.4 Å². The first-order valence-electron chi connectivity index (χ1n) is 6.91. The summed E-state index contributed by atoms with van der Waals surface area (Å²) in [5.74, 6) is 0.541. The lowest BCUT2D eigenvalue weighted by Gasteiger charge is -2.18. The van der Waals surface area contributed by atoms with Crippen molar-refractivity contribution in [1.29, 1.82) is 0 Å². The summed E-state index contributed by atoms with van der Waals surface area (Å²) in [5, 5.41) is 2.92. The van der Waals surface area contributed by atoms with E-state index < -0.39 is 0 Å². The largest absolute Gasteiger partial charge is 0.481 e. The van der Waals surface area contributed by atoms with E-state index in [1.54, 1.807) is 18.2 Å². The first-order valence-corrected chi connectivity index (χ1v) is 6.91. The number of para-hydroxylation sites is 1. The van der Waals surface area contributed by atoms with Crippen LogP contribution in [0.1, 0.15) is 11.1 Å². The molecule has 0 atom stereocenters. The number of aromatic nitrogens is 1. The van der Waals surface area contributed by atoms with Crippen LogP contribution in [0.15, 0.2) is 42.6 Å². The van der Waals surface area contributed by atoms with Crippen LogP contribution in [0.25, 0.3) is 0 Å². The third-order valence-electron chi connectivity index (χ3n) is 3.61. The number of benzene rings is 1. The molecule has 0 radical (unpaired) electrons. The Balaban J connectivity index is 1.68. The van der Waals surface area contributed by atoms with Crippen LogP contribution in [0.3, 0.4) is 0 Å². The average Bonchev–Trinajstić information content (AvgIpc) is 2.97. The molecule has 2 heterocycles. The number of methoxy groups -OCH3 is 1. The van der Waals surface area contributed by atoms with Gasteiger partial charge in [-0.1, -0.05) is 24.3 Å². The number of fused-ring (bicyclic) bond motifs is 1. The van der Waals surface area contributed by atoms with Crippen LogP contribution >= 0.6 is 0 Å².